The van der Waals surface area contributed by atoms with Crippen LogP contribution in [0.25, 0.3) is 0 Å². The highest BCUT2D eigenvalue weighted by atomic mass is 35.5. The lowest BCUT2D eigenvalue weighted by Crippen LogP contribution is -2.34. The lowest BCUT2D eigenvalue weighted by molar-refractivity contribution is 0.129. The summed E-state index contributed by atoms with van der Waals surface area (Å²) in [7, 11) is -3.57. The largest absolute Gasteiger partial charge is 0.391 e. The van der Waals surface area contributed by atoms with E-state index in [2.05, 4.69) is 4.72 Å². The molecule has 96 valence electrons. The zero-order valence-electron chi connectivity index (χ0n) is 9.72. The molecule has 0 aliphatic heterocycles. The van der Waals surface area contributed by atoms with Gasteiger partial charge in [-0.2, -0.15) is 0 Å². The second kappa shape index (κ2) is 5.82. The van der Waals surface area contributed by atoms with Gasteiger partial charge in [-0.15, -0.1) is 0 Å². The lowest BCUT2D eigenvalue weighted by atomic mass is 10.1. The highest BCUT2D eigenvalue weighted by Crippen LogP contribution is 2.14. The molecule has 0 saturated heterocycles. The Balaban J connectivity index is 2.72. The van der Waals surface area contributed by atoms with Crippen LogP contribution in [-0.4, -0.2) is 26.2 Å². The molecule has 0 aliphatic carbocycles. The predicted octanol–water partition coefficient (Wildman–Crippen LogP) is 1.64. The highest BCUT2D eigenvalue weighted by molar-refractivity contribution is 7.89. The number of hydrogen-bond acceptors (Lipinski definition) is 3. The van der Waals surface area contributed by atoms with Crippen LogP contribution < -0.4 is 4.72 Å². The van der Waals surface area contributed by atoms with Crippen molar-refractivity contribution in [3.05, 3.63) is 29.3 Å². The number of benzene rings is 1. The number of aliphatic hydroxyl groups excluding tert-OH is 1. The van der Waals surface area contributed by atoms with Gasteiger partial charge in [0.15, 0.2) is 0 Å². The lowest BCUT2D eigenvalue weighted by Gasteiger charge is -2.15. The summed E-state index contributed by atoms with van der Waals surface area (Å²) >= 11 is 5.68. The van der Waals surface area contributed by atoms with Gasteiger partial charge in [0.25, 0.3) is 0 Å². The Labute approximate surface area is 107 Å². The first-order valence-electron chi connectivity index (χ1n) is 5.26. The number of halogens is 1. The van der Waals surface area contributed by atoms with Gasteiger partial charge in [0.1, 0.15) is 0 Å². The van der Waals surface area contributed by atoms with Crippen molar-refractivity contribution in [3.63, 3.8) is 0 Å². The minimum absolute atomic E-state index is 0.00261. The van der Waals surface area contributed by atoms with Crippen molar-refractivity contribution < 1.29 is 13.5 Å². The fourth-order valence-corrected chi connectivity index (χ4v) is 2.31. The van der Waals surface area contributed by atoms with Gasteiger partial charge in [0.05, 0.1) is 11.0 Å². The third-order valence-corrected chi connectivity index (χ3v) is 4.07. The number of hydrogen-bond donors (Lipinski definition) is 2. The molecule has 1 rings (SSSR count). The molecule has 1 aromatic rings. The zero-order chi connectivity index (χ0) is 13.1. The molecule has 0 bridgehead atoms. The van der Waals surface area contributed by atoms with Crippen LogP contribution in [0.15, 0.2) is 29.2 Å². The fraction of sp³-hybridized carbons (Fsp3) is 0.455. The number of sulfonamides is 1. The quantitative estimate of drug-likeness (QED) is 0.860. The van der Waals surface area contributed by atoms with Gasteiger partial charge in [-0.3, -0.25) is 0 Å². The summed E-state index contributed by atoms with van der Waals surface area (Å²) in [5.74, 6) is 0.00270. The van der Waals surface area contributed by atoms with Crippen LogP contribution in [0.5, 0.6) is 0 Å². The normalized spacial score (nSPS) is 13.9. The van der Waals surface area contributed by atoms with E-state index in [4.69, 9.17) is 11.6 Å². The maximum absolute atomic E-state index is 11.8. The summed E-state index contributed by atoms with van der Waals surface area (Å²) in [6, 6.07) is 5.86. The van der Waals surface area contributed by atoms with Crippen LogP contribution in [-0.2, 0) is 10.0 Å². The average Bonchev–Trinajstić information content (AvgIpc) is 2.26. The molecule has 4 nitrogen and oxygen atoms in total. The first-order valence-corrected chi connectivity index (χ1v) is 7.12. The van der Waals surface area contributed by atoms with Gasteiger partial charge >= 0.3 is 0 Å². The molecule has 2 N–H and O–H groups in total. The van der Waals surface area contributed by atoms with E-state index in [-0.39, 0.29) is 17.4 Å². The van der Waals surface area contributed by atoms with Gasteiger partial charge in [-0.25, -0.2) is 13.1 Å². The maximum Gasteiger partial charge on any atom is 0.240 e. The van der Waals surface area contributed by atoms with Crippen molar-refractivity contribution in [1.82, 2.24) is 4.72 Å². The van der Waals surface area contributed by atoms with E-state index in [1.54, 1.807) is 0 Å². The van der Waals surface area contributed by atoms with E-state index in [1.165, 1.54) is 24.3 Å². The summed E-state index contributed by atoms with van der Waals surface area (Å²) in [5.41, 5.74) is 0. The van der Waals surface area contributed by atoms with Crippen molar-refractivity contribution in [2.75, 3.05) is 6.54 Å². The Hall–Kier alpha value is -0.620. The second-order valence-corrected chi connectivity index (χ2v) is 6.32. The smallest absolute Gasteiger partial charge is 0.240 e. The van der Waals surface area contributed by atoms with Crippen molar-refractivity contribution in [2.45, 2.75) is 24.8 Å². The first kappa shape index (κ1) is 14.4. The standard InChI is InChI=1S/C11H16ClNO3S/c1-8(2)11(14)7-13-17(15,16)10-5-3-9(12)4-6-10/h3-6,8,11,13-14H,7H2,1-2H3. The topological polar surface area (TPSA) is 66.4 Å². The van der Waals surface area contributed by atoms with E-state index in [9.17, 15) is 13.5 Å². The Morgan fingerprint density at radius 1 is 1.29 bits per heavy atom. The van der Waals surface area contributed by atoms with Crippen molar-refractivity contribution in [2.24, 2.45) is 5.92 Å². The third kappa shape index (κ3) is 4.27. The van der Waals surface area contributed by atoms with E-state index in [0.717, 1.165) is 0 Å². The van der Waals surface area contributed by atoms with E-state index in [1.807, 2.05) is 13.8 Å². The van der Waals surface area contributed by atoms with Gasteiger partial charge in [0, 0.05) is 11.6 Å². The molecule has 0 amide bonds. The molecule has 17 heavy (non-hydrogen) atoms. The summed E-state index contributed by atoms with van der Waals surface area (Å²) < 4.78 is 26.0. The Morgan fingerprint density at radius 3 is 2.29 bits per heavy atom. The predicted molar refractivity (Wildman–Crippen MR) is 67.5 cm³/mol. The van der Waals surface area contributed by atoms with Crippen LogP contribution in [0.2, 0.25) is 5.02 Å². The molecule has 0 spiro atoms. The number of aliphatic hydroxyl groups is 1. The van der Waals surface area contributed by atoms with Gasteiger partial charge in [-0.1, -0.05) is 25.4 Å². The Bertz CT molecular complexity index is 456. The van der Waals surface area contributed by atoms with Crippen LogP contribution in [0, 0.1) is 5.92 Å². The van der Waals surface area contributed by atoms with Crippen LogP contribution in [0.3, 0.4) is 0 Å². The number of rotatable bonds is 5. The molecule has 1 unspecified atom stereocenters. The maximum atomic E-state index is 11.8. The molecule has 0 aromatic heterocycles. The average molecular weight is 278 g/mol. The highest BCUT2D eigenvalue weighted by Gasteiger charge is 2.17. The van der Waals surface area contributed by atoms with E-state index in [0.29, 0.717) is 5.02 Å². The molecule has 0 saturated carbocycles. The van der Waals surface area contributed by atoms with Crippen molar-refractivity contribution in [3.8, 4) is 0 Å². The van der Waals surface area contributed by atoms with E-state index < -0.39 is 16.1 Å². The van der Waals surface area contributed by atoms with Gasteiger partial charge in [-0.05, 0) is 30.2 Å². The third-order valence-electron chi connectivity index (χ3n) is 2.38. The molecule has 1 atom stereocenters. The first-order chi connectivity index (χ1) is 7.83. The zero-order valence-corrected chi connectivity index (χ0v) is 11.3. The summed E-state index contributed by atoms with van der Waals surface area (Å²) in [6.07, 6.45) is -0.697. The minimum Gasteiger partial charge on any atom is -0.391 e. The molecule has 1 aromatic carbocycles. The van der Waals surface area contributed by atoms with Crippen molar-refractivity contribution >= 4 is 21.6 Å². The molecule has 6 heteroatoms. The molecule has 0 aliphatic rings. The Morgan fingerprint density at radius 2 is 1.82 bits per heavy atom. The second-order valence-electron chi connectivity index (χ2n) is 4.12. The minimum atomic E-state index is -3.57. The monoisotopic (exact) mass is 277 g/mol. The summed E-state index contributed by atoms with van der Waals surface area (Å²) in [6.45, 7) is 3.64. The molecule has 0 radical (unpaired) electrons. The summed E-state index contributed by atoms with van der Waals surface area (Å²) in [4.78, 5) is 0.137. The van der Waals surface area contributed by atoms with Gasteiger partial charge in [0.2, 0.25) is 10.0 Å². The van der Waals surface area contributed by atoms with Crippen LogP contribution in [0.4, 0.5) is 0 Å². The van der Waals surface area contributed by atoms with Crippen LogP contribution >= 0.6 is 11.6 Å². The number of nitrogens with one attached hydrogen (secondary N) is 1. The molecular weight excluding hydrogens is 262 g/mol. The molecule has 0 heterocycles. The van der Waals surface area contributed by atoms with Crippen molar-refractivity contribution in [1.29, 1.82) is 0 Å². The van der Waals surface area contributed by atoms with Gasteiger partial charge < -0.3 is 5.11 Å². The fourth-order valence-electron chi connectivity index (χ4n) is 1.13. The molecule has 0 fully saturated rings. The van der Waals surface area contributed by atoms with E-state index >= 15 is 0 Å². The molecular formula is C11H16ClNO3S. The SMILES string of the molecule is CC(C)C(O)CNS(=O)(=O)c1ccc(Cl)cc1. The summed E-state index contributed by atoms with van der Waals surface area (Å²) in [5, 5.41) is 10.0. The Kier molecular flexibility index (Phi) is 4.94. The van der Waals surface area contributed by atoms with Crippen LogP contribution in [0.1, 0.15) is 13.8 Å².